The Hall–Kier alpha value is -2.61. The molecular formula is C18H14N2. The number of rotatable bonds is 1. The van der Waals surface area contributed by atoms with Crippen molar-refractivity contribution >= 4 is 38.9 Å². The minimum absolute atomic E-state index is 0.928. The van der Waals surface area contributed by atoms with Gasteiger partial charge >= 0.3 is 0 Å². The summed E-state index contributed by atoms with van der Waals surface area (Å²) in [7, 11) is 0. The molecule has 2 aromatic carbocycles. The van der Waals surface area contributed by atoms with E-state index in [1.54, 1.807) is 0 Å². The predicted octanol–water partition coefficient (Wildman–Crippen LogP) is 4.82. The molecule has 0 saturated carbocycles. The first-order chi connectivity index (χ1) is 9.78. The van der Waals surface area contributed by atoms with Crippen LogP contribution in [0.5, 0.6) is 0 Å². The summed E-state index contributed by atoms with van der Waals surface area (Å²) in [4.78, 5) is 8.16. The Morgan fingerprint density at radius 1 is 1.10 bits per heavy atom. The normalized spacial score (nSPS) is 11.4. The molecule has 0 atom stereocenters. The van der Waals surface area contributed by atoms with Gasteiger partial charge in [0.1, 0.15) is 5.65 Å². The molecular weight excluding hydrogens is 244 g/mol. The van der Waals surface area contributed by atoms with E-state index in [0.717, 1.165) is 33.0 Å². The van der Waals surface area contributed by atoms with E-state index in [2.05, 4.69) is 54.9 Å². The molecule has 4 rings (SSSR count). The second kappa shape index (κ2) is 3.94. The van der Waals surface area contributed by atoms with Crippen molar-refractivity contribution in [1.29, 1.82) is 0 Å². The maximum atomic E-state index is 4.76. The molecule has 0 aliphatic heterocycles. The number of fused-ring (bicyclic) bond motifs is 4. The lowest BCUT2D eigenvalue weighted by molar-refractivity contribution is 1.39. The summed E-state index contributed by atoms with van der Waals surface area (Å²) in [6.07, 6.45) is 1.94. The number of para-hydroxylation sites is 1. The molecule has 0 unspecified atom stereocenters. The zero-order valence-electron chi connectivity index (χ0n) is 11.3. The monoisotopic (exact) mass is 258 g/mol. The van der Waals surface area contributed by atoms with Crippen LogP contribution in [0.25, 0.3) is 38.9 Å². The van der Waals surface area contributed by atoms with Crippen LogP contribution < -0.4 is 0 Å². The van der Waals surface area contributed by atoms with Gasteiger partial charge in [-0.25, -0.2) is 4.98 Å². The van der Waals surface area contributed by atoms with E-state index in [0.29, 0.717) is 0 Å². The summed E-state index contributed by atoms with van der Waals surface area (Å²) in [5.74, 6) is 0. The molecule has 20 heavy (non-hydrogen) atoms. The summed E-state index contributed by atoms with van der Waals surface area (Å²) in [5.41, 5.74) is 5.44. The Balaban J connectivity index is 2.33. The summed E-state index contributed by atoms with van der Waals surface area (Å²) in [6, 6.07) is 14.7. The molecule has 96 valence electrons. The maximum absolute atomic E-state index is 4.76. The van der Waals surface area contributed by atoms with Crippen molar-refractivity contribution in [2.45, 2.75) is 6.92 Å². The van der Waals surface area contributed by atoms with Gasteiger partial charge in [0.2, 0.25) is 0 Å². The first kappa shape index (κ1) is 11.2. The zero-order chi connectivity index (χ0) is 13.7. The third-order valence-electron chi connectivity index (χ3n) is 3.83. The van der Waals surface area contributed by atoms with E-state index in [9.17, 15) is 0 Å². The topological polar surface area (TPSA) is 28.7 Å². The number of nitrogens with one attached hydrogen (secondary N) is 1. The fraction of sp³-hybridized carbons (Fsp3) is 0.0556. The lowest BCUT2D eigenvalue weighted by atomic mass is 10.0. The SMILES string of the molecule is C=Cc1c2cc(C)ccc2nc2[nH]c3ccccc3c12. The van der Waals surface area contributed by atoms with E-state index in [-0.39, 0.29) is 0 Å². The van der Waals surface area contributed by atoms with Crippen LogP contribution in [0.4, 0.5) is 0 Å². The number of H-pyrrole nitrogens is 1. The summed E-state index contributed by atoms with van der Waals surface area (Å²) in [6.45, 7) is 6.11. The van der Waals surface area contributed by atoms with E-state index >= 15 is 0 Å². The fourth-order valence-corrected chi connectivity index (χ4v) is 2.91. The van der Waals surface area contributed by atoms with Gasteiger partial charge in [-0.15, -0.1) is 0 Å². The van der Waals surface area contributed by atoms with Crippen molar-refractivity contribution < 1.29 is 0 Å². The molecule has 2 nitrogen and oxygen atoms in total. The molecule has 2 heteroatoms. The molecule has 2 aromatic heterocycles. The highest BCUT2D eigenvalue weighted by molar-refractivity contribution is 6.15. The quantitative estimate of drug-likeness (QED) is 0.521. The standard InChI is InChI=1S/C18H14N2/c1-3-12-14-10-11(2)8-9-16(14)20-18-17(12)13-6-4-5-7-15(13)19-18/h3-10H,1H2,2H3,(H,19,20). The van der Waals surface area contributed by atoms with Crippen molar-refractivity contribution in [2.75, 3.05) is 0 Å². The van der Waals surface area contributed by atoms with Gasteiger partial charge in [-0.2, -0.15) is 0 Å². The molecule has 0 amide bonds. The first-order valence-electron chi connectivity index (χ1n) is 6.71. The first-order valence-corrected chi connectivity index (χ1v) is 6.71. The Bertz CT molecular complexity index is 977. The largest absolute Gasteiger partial charge is 0.339 e. The second-order valence-electron chi connectivity index (χ2n) is 5.14. The van der Waals surface area contributed by atoms with Gasteiger partial charge in [0.15, 0.2) is 0 Å². The van der Waals surface area contributed by atoms with Crippen molar-refractivity contribution in [2.24, 2.45) is 0 Å². The van der Waals surface area contributed by atoms with Gasteiger partial charge in [-0.3, -0.25) is 0 Å². The number of aromatic amines is 1. The highest BCUT2D eigenvalue weighted by Gasteiger charge is 2.12. The fourth-order valence-electron chi connectivity index (χ4n) is 2.91. The van der Waals surface area contributed by atoms with Gasteiger partial charge in [0.05, 0.1) is 5.52 Å². The van der Waals surface area contributed by atoms with Crippen LogP contribution in [0.2, 0.25) is 0 Å². The number of hydrogen-bond acceptors (Lipinski definition) is 1. The Morgan fingerprint density at radius 3 is 2.80 bits per heavy atom. The van der Waals surface area contributed by atoms with Crippen molar-refractivity contribution in [1.82, 2.24) is 9.97 Å². The van der Waals surface area contributed by atoms with Crippen LogP contribution in [-0.4, -0.2) is 9.97 Å². The number of aromatic nitrogens is 2. The average molecular weight is 258 g/mol. The van der Waals surface area contributed by atoms with Gasteiger partial charge in [0.25, 0.3) is 0 Å². The van der Waals surface area contributed by atoms with E-state index in [1.807, 2.05) is 12.1 Å². The lowest BCUT2D eigenvalue weighted by Gasteiger charge is -2.05. The predicted molar refractivity (Wildman–Crippen MR) is 85.9 cm³/mol. The van der Waals surface area contributed by atoms with Gasteiger partial charge in [-0.05, 0) is 30.7 Å². The molecule has 2 heterocycles. The smallest absolute Gasteiger partial charge is 0.139 e. The molecule has 0 saturated heterocycles. The van der Waals surface area contributed by atoms with Crippen LogP contribution in [0.1, 0.15) is 11.1 Å². The molecule has 4 aromatic rings. The minimum atomic E-state index is 0.928. The summed E-state index contributed by atoms with van der Waals surface area (Å²) >= 11 is 0. The van der Waals surface area contributed by atoms with Crippen molar-refractivity contribution in [3.8, 4) is 0 Å². The van der Waals surface area contributed by atoms with Crippen LogP contribution in [0.15, 0.2) is 49.0 Å². The highest BCUT2D eigenvalue weighted by atomic mass is 14.9. The lowest BCUT2D eigenvalue weighted by Crippen LogP contribution is -1.87. The van der Waals surface area contributed by atoms with E-state index in [4.69, 9.17) is 4.98 Å². The van der Waals surface area contributed by atoms with Crippen LogP contribution in [0, 0.1) is 6.92 Å². The van der Waals surface area contributed by atoms with Crippen LogP contribution in [0.3, 0.4) is 0 Å². The number of benzene rings is 2. The van der Waals surface area contributed by atoms with E-state index < -0.39 is 0 Å². The number of pyridine rings is 1. The third kappa shape index (κ3) is 1.42. The van der Waals surface area contributed by atoms with Gasteiger partial charge in [0, 0.05) is 21.7 Å². The summed E-state index contributed by atoms with van der Waals surface area (Å²) in [5, 5.41) is 3.53. The number of aryl methyl sites for hydroxylation is 1. The van der Waals surface area contributed by atoms with Crippen molar-refractivity contribution in [3.63, 3.8) is 0 Å². The van der Waals surface area contributed by atoms with E-state index in [1.165, 1.54) is 10.9 Å². The molecule has 0 aliphatic carbocycles. The summed E-state index contributed by atoms with van der Waals surface area (Å²) < 4.78 is 0. The zero-order valence-corrected chi connectivity index (χ0v) is 11.3. The number of hydrogen-bond donors (Lipinski definition) is 1. The van der Waals surface area contributed by atoms with Gasteiger partial charge in [-0.1, -0.05) is 42.5 Å². The van der Waals surface area contributed by atoms with Crippen LogP contribution >= 0.6 is 0 Å². The molecule has 1 N–H and O–H groups in total. The Labute approximate surface area is 116 Å². The Morgan fingerprint density at radius 2 is 1.95 bits per heavy atom. The molecule has 0 aliphatic rings. The van der Waals surface area contributed by atoms with Crippen LogP contribution in [-0.2, 0) is 0 Å². The number of nitrogens with zero attached hydrogens (tertiary/aromatic N) is 1. The second-order valence-corrected chi connectivity index (χ2v) is 5.14. The molecule has 0 bridgehead atoms. The molecule has 0 radical (unpaired) electrons. The maximum Gasteiger partial charge on any atom is 0.139 e. The highest BCUT2D eigenvalue weighted by Crippen LogP contribution is 2.32. The van der Waals surface area contributed by atoms with Crippen molar-refractivity contribution in [3.05, 3.63) is 60.2 Å². The van der Waals surface area contributed by atoms with Gasteiger partial charge < -0.3 is 4.98 Å². The third-order valence-corrected chi connectivity index (χ3v) is 3.83. The Kier molecular flexibility index (Phi) is 2.21. The molecule has 0 spiro atoms. The average Bonchev–Trinajstić information content (AvgIpc) is 2.83. The minimum Gasteiger partial charge on any atom is -0.339 e. The molecule has 0 fully saturated rings.